The highest BCUT2D eigenvalue weighted by Gasteiger charge is 2.58. The van der Waals surface area contributed by atoms with E-state index in [0.29, 0.717) is 0 Å². The predicted molar refractivity (Wildman–Crippen MR) is 523 cm³/mol. The van der Waals surface area contributed by atoms with Gasteiger partial charge in [-0.3, -0.25) is 9.59 Å². The quantitative estimate of drug-likeness (QED) is 0.0265. The number of benzene rings is 11. The van der Waals surface area contributed by atoms with Crippen molar-refractivity contribution in [3.63, 3.8) is 0 Å². The highest BCUT2D eigenvalue weighted by molar-refractivity contribution is 5.92. The standard InChI is InChI=1S/C112H112N8O26/c1-71-94(131-61-75-36-16-6-17-37-75)100(133-63-77-40-20-8-21-41-77)102(135-65-79-44-24-10-25-45-79)111(139-71)145-96-90(69-137-107(124)81-48-28-12-29-49-81)141-104(92(113-73(3)121)98(96)143-109(126)83-52-32-14-33-53-83)119-59-86(115-117-119)67-129-88-56-85(106(123)128-5)57-89(58-88)130-68-87-60-120(118-116-87)105-93(114-74(4)122)99(144-110(127)84-54-34-15-35-55-84)97(91(142-105)70-138-108(125)82-50-30-13-31-51-82)146-112-103(136-66-80-46-26-11-27-47-80)101(134-64-78-42-22-9-23-43-78)95(72(2)140-112)132-62-76-38-18-7-19-39-76/h6-60,71-72,90-105,111-112H,61-70H2,1-5H3,(H,113,121)(H,114,122)/t71-,72-,90+,91+,92+,93+,94+,95+,96+,97+,98+,99+,100+,101+,102-,103-,104+,105+,111-,112-/m0/s1. The van der Waals surface area contributed by atoms with Gasteiger partial charge in [-0.2, -0.15) is 0 Å². The number of hydrogen-bond donors (Lipinski definition) is 2. The van der Waals surface area contributed by atoms with Crippen LogP contribution in [-0.4, -0.2) is 202 Å². The molecule has 4 aliphatic rings. The fourth-order valence-electron chi connectivity index (χ4n) is 17.7. The minimum absolute atomic E-state index is 0.0178. The molecule has 0 bridgehead atoms. The molecule has 0 aliphatic carbocycles. The Hall–Kier alpha value is -14.9. The van der Waals surface area contributed by atoms with Crippen LogP contribution in [0, 0.1) is 0 Å². The number of rotatable bonds is 43. The van der Waals surface area contributed by atoms with Crippen molar-refractivity contribution in [1.82, 2.24) is 40.6 Å². The second kappa shape index (κ2) is 50.6. The van der Waals surface area contributed by atoms with Crippen LogP contribution in [0.3, 0.4) is 0 Å². The van der Waals surface area contributed by atoms with Crippen molar-refractivity contribution in [3.8, 4) is 11.5 Å². The topological polar surface area (TPSA) is 380 Å². The maximum absolute atomic E-state index is 15.0. The van der Waals surface area contributed by atoms with Gasteiger partial charge in [0.1, 0.15) is 122 Å². The van der Waals surface area contributed by atoms with Crippen LogP contribution in [0.25, 0.3) is 0 Å². The van der Waals surface area contributed by atoms with Crippen LogP contribution in [0.2, 0.25) is 0 Å². The first kappa shape index (κ1) is 103. The van der Waals surface area contributed by atoms with E-state index < -0.39 is 177 Å². The Morgan fingerprint density at radius 3 is 0.884 bits per heavy atom. The van der Waals surface area contributed by atoms with E-state index in [1.54, 1.807) is 121 Å². The molecule has 4 aliphatic heterocycles. The number of esters is 5. The van der Waals surface area contributed by atoms with Gasteiger partial charge in [0, 0.05) is 19.9 Å². The summed E-state index contributed by atoms with van der Waals surface area (Å²) >= 11 is 0. The average Bonchev–Trinajstić information content (AvgIpc) is 1.55. The molecule has 4 saturated heterocycles. The third-order valence-corrected chi connectivity index (χ3v) is 24.8. The van der Waals surface area contributed by atoms with E-state index >= 15 is 0 Å². The number of methoxy groups -OCH3 is 1. The van der Waals surface area contributed by atoms with Crippen molar-refractivity contribution in [1.29, 1.82) is 0 Å². The van der Waals surface area contributed by atoms with Gasteiger partial charge in [0.25, 0.3) is 0 Å². The zero-order chi connectivity index (χ0) is 101. The Bertz CT molecular complexity index is 5990. The second-order valence-electron chi connectivity index (χ2n) is 35.3. The molecule has 0 spiro atoms. The minimum Gasteiger partial charge on any atom is -0.487 e. The smallest absolute Gasteiger partial charge is 0.338 e. The first-order valence-corrected chi connectivity index (χ1v) is 48.0. The molecule has 34 heteroatoms. The van der Waals surface area contributed by atoms with Crippen LogP contribution in [0.1, 0.15) is 137 Å². The lowest BCUT2D eigenvalue weighted by Crippen LogP contribution is -2.67. The van der Waals surface area contributed by atoms with E-state index in [1.165, 1.54) is 60.9 Å². The Morgan fingerprint density at radius 1 is 0.308 bits per heavy atom. The molecule has 2 amide bonds. The minimum atomic E-state index is -1.58. The number of carbonyl (C=O) groups is 7. The number of nitrogens with one attached hydrogen (secondary N) is 2. The maximum atomic E-state index is 15.0. The summed E-state index contributed by atoms with van der Waals surface area (Å²) in [4.78, 5) is 100. The maximum Gasteiger partial charge on any atom is 0.338 e. The molecule has 34 nitrogen and oxygen atoms in total. The molecular weight excluding hydrogens is 1870 g/mol. The zero-order valence-corrected chi connectivity index (χ0v) is 80.7. The number of hydrogen-bond acceptors (Lipinski definition) is 30. The van der Waals surface area contributed by atoms with Crippen LogP contribution < -0.4 is 20.1 Å². The van der Waals surface area contributed by atoms with Gasteiger partial charge < -0.3 is 101 Å². The van der Waals surface area contributed by atoms with Crippen LogP contribution in [0.4, 0.5) is 0 Å². The highest BCUT2D eigenvalue weighted by Crippen LogP contribution is 2.42. The van der Waals surface area contributed by atoms with Gasteiger partial charge in [0.15, 0.2) is 37.2 Å². The average molecular weight is 1990 g/mol. The van der Waals surface area contributed by atoms with Crippen LogP contribution in [0.5, 0.6) is 11.5 Å². The van der Waals surface area contributed by atoms with Crippen molar-refractivity contribution < 1.29 is 124 Å². The Kier molecular flexibility index (Phi) is 35.5. The Morgan fingerprint density at radius 2 is 0.589 bits per heavy atom. The molecular formula is C112H112N8O26. The van der Waals surface area contributed by atoms with E-state index in [1.807, 2.05) is 196 Å². The van der Waals surface area contributed by atoms with Gasteiger partial charge in [-0.1, -0.05) is 265 Å². The molecule has 2 N–H and O–H groups in total. The number of carbonyl (C=O) groups excluding carboxylic acids is 7. The van der Waals surface area contributed by atoms with Crippen LogP contribution in [0.15, 0.2) is 334 Å². The summed E-state index contributed by atoms with van der Waals surface area (Å²) < 4.78 is 131. The molecule has 146 heavy (non-hydrogen) atoms. The molecule has 13 aromatic rings. The molecule has 17 rings (SSSR count). The Labute approximate surface area is 842 Å². The van der Waals surface area contributed by atoms with Crippen molar-refractivity contribution in [3.05, 3.63) is 406 Å². The van der Waals surface area contributed by atoms with Gasteiger partial charge in [-0.05, 0) is 108 Å². The molecule has 11 aromatic carbocycles. The molecule has 2 aromatic heterocycles. The van der Waals surface area contributed by atoms with E-state index in [-0.39, 0.29) is 104 Å². The third kappa shape index (κ3) is 27.2. The van der Waals surface area contributed by atoms with E-state index in [2.05, 4.69) is 31.3 Å². The summed E-state index contributed by atoms with van der Waals surface area (Å²) in [5.41, 5.74) is 5.99. The van der Waals surface area contributed by atoms with Crippen LogP contribution >= 0.6 is 0 Å². The highest BCUT2D eigenvalue weighted by atomic mass is 16.8. The lowest BCUT2D eigenvalue weighted by Gasteiger charge is -2.49. The summed E-state index contributed by atoms with van der Waals surface area (Å²) in [5.74, 6) is -5.04. The first-order valence-electron chi connectivity index (χ1n) is 48.0. The lowest BCUT2D eigenvalue weighted by molar-refractivity contribution is -0.350. The molecule has 4 fully saturated rings. The summed E-state index contributed by atoms with van der Waals surface area (Å²) in [5, 5.41) is 24.1. The van der Waals surface area contributed by atoms with Gasteiger partial charge in [0.2, 0.25) is 11.8 Å². The summed E-state index contributed by atoms with van der Waals surface area (Å²) in [7, 11) is 1.20. The van der Waals surface area contributed by atoms with Crippen LogP contribution in [-0.2, 0) is 143 Å². The van der Waals surface area contributed by atoms with Crippen molar-refractivity contribution >= 4 is 41.7 Å². The number of nitrogens with zero attached hydrogens (tertiary/aromatic N) is 6. The van der Waals surface area contributed by atoms with E-state index in [0.717, 1.165) is 33.4 Å². The zero-order valence-electron chi connectivity index (χ0n) is 80.7. The fraction of sp³-hybridized carbons (Fsp3) is 0.312. The van der Waals surface area contributed by atoms with Gasteiger partial charge in [0.05, 0.1) is 99.2 Å². The lowest BCUT2D eigenvalue weighted by atomic mass is 9.94. The number of amides is 2. The first-order chi connectivity index (χ1) is 71.3. The number of aromatic nitrogens is 6. The monoisotopic (exact) mass is 1980 g/mol. The SMILES string of the molecule is COC(=O)c1cc(OCc2cn([C@@H]3O[C@H](COC(=O)c4ccccc4)[C@@H](O[C@@H]4O[C@@H](C)[C@@H](OCc5ccccc5)[C@@H](OCc5ccccc5)[C@@H]4OCc4ccccc4)[C@H](OC(=O)c4ccccc4)[C@H]3NC(C)=O)nn2)cc(OCc2cn([C@@H]3O[C@H](COC(=O)c4ccccc4)[C@@H](O[C@@H]4O[C@@H](C)[C@@H](OCc5ccccc5)[C@@H](OCc5ccccc5)[C@@H]4OCc4ccccc4)[C@H](OC(=O)c4ccccc4)[C@H]3NC(C)=O)nn2)c1. The van der Waals surface area contributed by atoms with E-state index in [4.69, 9.17) is 90.0 Å². The third-order valence-electron chi connectivity index (χ3n) is 24.8. The Balaban J connectivity index is 0.664. The van der Waals surface area contributed by atoms with Crippen molar-refractivity contribution in [2.45, 2.75) is 203 Å². The molecule has 6 heterocycles. The van der Waals surface area contributed by atoms with Gasteiger partial charge in [-0.25, -0.2) is 33.3 Å². The van der Waals surface area contributed by atoms with Crippen molar-refractivity contribution in [2.24, 2.45) is 0 Å². The molecule has 756 valence electrons. The molecule has 0 saturated carbocycles. The summed E-state index contributed by atoms with van der Waals surface area (Å²) in [6.45, 7) is 4.91. The fourth-order valence-corrected chi connectivity index (χ4v) is 17.7. The predicted octanol–water partition coefficient (Wildman–Crippen LogP) is 14.6. The normalized spacial score (nSPS) is 23.8. The molecule has 0 unspecified atom stereocenters. The summed E-state index contributed by atoms with van der Waals surface area (Å²) in [6, 6.07) is 91.8. The summed E-state index contributed by atoms with van der Waals surface area (Å²) in [6.07, 6.45) is -19.3. The largest absolute Gasteiger partial charge is 0.487 e. The number of ether oxygens (including phenoxy) is 19. The van der Waals surface area contributed by atoms with Crippen molar-refractivity contribution in [2.75, 3.05) is 20.3 Å². The molecule has 0 radical (unpaired) electrons. The van der Waals surface area contributed by atoms with Gasteiger partial charge >= 0.3 is 29.8 Å². The van der Waals surface area contributed by atoms with Gasteiger partial charge in [-0.15, -0.1) is 10.2 Å². The molecule has 20 atom stereocenters. The second-order valence-corrected chi connectivity index (χ2v) is 35.3. The van der Waals surface area contributed by atoms with E-state index in [9.17, 15) is 33.6 Å².